The molecule has 3 rings (SSSR count). The molecule has 0 aliphatic carbocycles. The lowest BCUT2D eigenvalue weighted by Gasteiger charge is -2.29. The fraction of sp³-hybridized carbons (Fsp3) is 0.316. The second kappa shape index (κ2) is 7.56. The van der Waals surface area contributed by atoms with E-state index in [2.05, 4.69) is 10.1 Å². The lowest BCUT2D eigenvalue weighted by molar-refractivity contribution is 0.0597. The number of hydrogen-bond donors (Lipinski definition) is 0. The van der Waals surface area contributed by atoms with Crippen LogP contribution in [0.4, 0.5) is 20.7 Å². The van der Waals surface area contributed by atoms with Gasteiger partial charge < -0.3 is 4.74 Å². The Morgan fingerprint density at radius 3 is 2.61 bits per heavy atom. The number of ether oxygens (including phenoxy) is 1. The van der Waals surface area contributed by atoms with Gasteiger partial charge in [-0.1, -0.05) is 30.1 Å². The predicted octanol–water partition coefficient (Wildman–Crippen LogP) is 5.81. The highest BCUT2D eigenvalue weighted by atomic mass is 35.5. The van der Waals surface area contributed by atoms with Crippen molar-refractivity contribution >= 4 is 46.4 Å². The van der Waals surface area contributed by atoms with Gasteiger partial charge in [0.05, 0.1) is 16.9 Å². The molecule has 0 N–H and O–H groups in total. The molecular formula is C19H19Cl2FN4O2. The number of aromatic nitrogens is 3. The van der Waals surface area contributed by atoms with Gasteiger partial charge in [-0.25, -0.2) is 19.1 Å². The van der Waals surface area contributed by atoms with Crippen LogP contribution in [0, 0.1) is 5.82 Å². The largest absolute Gasteiger partial charge is 0.443 e. The molecule has 2 aromatic heterocycles. The number of amides is 1. The van der Waals surface area contributed by atoms with Crippen LogP contribution in [0.15, 0.2) is 30.5 Å². The third-order valence-corrected chi connectivity index (χ3v) is 4.46. The smallest absolute Gasteiger partial charge is 0.420 e. The van der Waals surface area contributed by atoms with E-state index in [0.717, 1.165) is 0 Å². The molecule has 1 amide bonds. The number of rotatable bonds is 3. The molecule has 0 spiro atoms. The number of carbonyl (C=O) groups is 1. The van der Waals surface area contributed by atoms with E-state index in [1.165, 1.54) is 27.6 Å². The Morgan fingerprint density at radius 2 is 2.00 bits per heavy atom. The molecule has 148 valence electrons. The summed E-state index contributed by atoms with van der Waals surface area (Å²) >= 11 is 12.3. The first-order chi connectivity index (χ1) is 13.1. The molecule has 6 nitrogen and oxygen atoms in total. The standard InChI is InChI=1S/C19H19Cl2FN4O2/c1-5-12-16(21)24-15-8-9-23-26(15)17(12)25(18(27)28-19(2,3)4)11-6-7-14(22)13(20)10-11/h6-10H,5H2,1-4H3. The van der Waals surface area contributed by atoms with E-state index in [1.807, 2.05) is 6.92 Å². The average Bonchev–Trinajstić information content (AvgIpc) is 3.04. The maximum absolute atomic E-state index is 13.7. The van der Waals surface area contributed by atoms with E-state index in [-0.39, 0.29) is 10.2 Å². The summed E-state index contributed by atoms with van der Waals surface area (Å²) in [5, 5.41) is 4.39. The number of carbonyl (C=O) groups excluding carboxylic acids is 1. The van der Waals surface area contributed by atoms with Crippen LogP contribution in [0.3, 0.4) is 0 Å². The van der Waals surface area contributed by atoms with Gasteiger partial charge in [0.25, 0.3) is 0 Å². The van der Waals surface area contributed by atoms with Gasteiger partial charge in [0, 0.05) is 11.6 Å². The number of anilines is 2. The summed E-state index contributed by atoms with van der Waals surface area (Å²) in [5.74, 6) is -0.235. The van der Waals surface area contributed by atoms with Crippen molar-refractivity contribution in [1.29, 1.82) is 0 Å². The van der Waals surface area contributed by atoms with E-state index in [0.29, 0.717) is 29.1 Å². The molecule has 0 bridgehead atoms. The van der Waals surface area contributed by atoms with Crippen molar-refractivity contribution in [2.75, 3.05) is 4.90 Å². The van der Waals surface area contributed by atoms with Crippen molar-refractivity contribution in [3.63, 3.8) is 0 Å². The van der Waals surface area contributed by atoms with E-state index in [4.69, 9.17) is 27.9 Å². The predicted molar refractivity (Wildman–Crippen MR) is 107 cm³/mol. The Kier molecular flexibility index (Phi) is 5.50. The molecular weight excluding hydrogens is 406 g/mol. The minimum atomic E-state index is -0.758. The van der Waals surface area contributed by atoms with Gasteiger partial charge in [0.2, 0.25) is 0 Å². The zero-order chi connectivity index (χ0) is 20.6. The van der Waals surface area contributed by atoms with Crippen molar-refractivity contribution in [1.82, 2.24) is 14.6 Å². The van der Waals surface area contributed by atoms with Gasteiger partial charge in [-0.05, 0) is 45.4 Å². The van der Waals surface area contributed by atoms with E-state index in [1.54, 1.807) is 33.0 Å². The highest BCUT2D eigenvalue weighted by Crippen LogP contribution is 2.35. The third kappa shape index (κ3) is 3.91. The van der Waals surface area contributed by atoms with Crippen LogP contribution in [0.2, 0.25) is 10.2 Å². The minimum absolute atomic E-state index is 0.124. The molecule has 3 aromatic rings. The molecule has 0 aliphatic rings. The van der Waals surface area contributed by atoms with Crippen LogP contribution < -0.4 is 4.90 Å². The Hall–Kier alpha value is -2.38. The summed E-state index contributed by atoms with van der Waals surface area (Å²) in [6.45, 7) is 7.14. The first-order valence-corrected chi connectivity index (χ1v) is 9.38. The van der Waals surface area contributed by atoms with E-state index < -0.39 is 17.5 Å². The zero-order valence-electron chi connectivity index (χ0n) is 15.8. The topological polar surface area (TPSA) is 59.7 Å². The molecule has 0 saturated carbocycles. The summed E-state index contributed by atoms with van der Waals surface area (Å²) in [6, 6.07) is 5.64. The number of fused-ring (bicyclic) bond motifs is 1. The molecule has 0 aliphatic heterocycles. The fourth-order valence-electron chi connectivity index (χ4n) is 2.71. The Labute approximate surface area is 171 Å². The number of halogens is 3. The van der Waals surface area contributed by atoms with Crippen molar-refractivity contribution < 1.29 is 13.9 Å². The molecule has 1 aromatic carbocycles. The Balaban J connectivity index is 2.31. The van der Waals surface area contributed by atoms with Gasteiger partial charge in [0.1, 0.15) is 16.6 Å². The molecule has 0 fully saturated rings. The van der Waals surface area contributed by atoms with Crippen LogP contribution in [0.5, 0.6) is 0 Å². The van der Waals surface area contributed by atoms with Crippen LogP contribution in [-0.4, -0.2) is 26.3 Å². The number of hydrogen-bond acceptors (Lipinski definition) is 4. The quantitative estimate of drug-likeness (QED) is 0.497. The number of nitrogens with zero attached hydrogens (tertiary/aromatic N) is 4. The summed E-state index contributed by atoms with van der Waals surface area (Å²) < 4.78 is 20.8. The molecule has 2 heterocycles. The fourth-order valence-corrected chi connectivity index (χ4v) is 3.19. The lowest BCUT2D eigenvalue weighted by atomic mass is 10.2. The summed E-state index contributed by atoms with van der Waals surface area (Å²) in [7, 11) is 0. The van der Waals surface area contributed by atoms with Gasteiger partial charge in [0.15, 0.2) is 11.5 Å². The maximum atomic E-state index is 13.7. The zero-order valence-corrected chi connectivity index (χ0v) is 17.3. The average molecular weight is 425 g/mol. The first kappa shape index (κ1) is 20.4. The summed E-state index contributed by atoms with van der Waals surface area (Å²) in [4.78, 5) is 18.8. The second-order valence-electron chi connectivity index (χ2n) is 7.07. The summed E-state index contributed by atoms with van der Waals surface area (Å²) in [6.07, 6.45) is 1.35. The van der Waals surface area contributed by atoms with E-state index in [9.17, 15) is 9.18 Å². The lowest BCUT2D eigenvalue weighted by Crippen LogP contribution is -2.35. The molecule has 0 atom stereocenters. The number of benzene rings is 1. The van der Waals surface area contributed by atoms with Gasteiger partial charge in [-0.3, -0.25) is 0 Å². The molecule has 0 unspecified atom stereocenters. The second-order valence-corrected chi connectivity index (χ2v) is 7.84. The van der Waals surface area contributed by atoms with Crippen molar-refractivity contribution in [3.8, 4) is 0 Å². The molecule has 28 heavy (non-hydrogen) atoms. The van der Waals surface area contributed by atoms with Crippen molar-refractivity contribution in [2.24, 2.45) is 0 Å². The minimum Gasteiger partial charge on any atom is -0.443 e. The van der Waals surface area contributed by atoms with Gasteiger partial charge in [-0.2, -0.15) is 9.61 Å². The van der Waals surface area contributed by atoms with Crippen LogP contribution in [0.1, 0.15) is 33.3 Å². The maximum Gasteiger partial charge on any atom is 0.420 e. The van der Waals surface area contributed by atoms with Crippen LogP contribution in [-0.2, 0) is 11.2 Å². The van der Waals surface area contributed by atoms with E-state index >= 15 is 0 Å². The monoisotopic (exact) mass is 424 g/mol. The first-order valence-electron chi connectivity index (χ1n) is 8.62. The van der Waals surface area contributed by atoms with Crippen molar-refractivity contribution in [2.45, 2.75) is 39.7 Å². The van der Waals surface area contributed by atoms with Crippen LogP contribution >= 0.6 is 23.2 Å². The van der Waals surface area contributed by atoms with Crippen LogP contribution in [0.25, 0.3) is 5.65 Å². The normalized spacial score (nSPS) is 11.7. The van der Waals surface area contributed by atoms with Gasteiger partial charge >= 0.3 is 6.09 Å². The molecule has 0 radical (unpaired) electrons. The molecule has 0 saturated heterocycles. The SMILES string of the molecule is CCc1c(Cl)nc2ccnn2c1N(C(=O)OC(C)(C)C)c1ccc(F)c(Cl)c1. The Morgan fingerprint density at radius 1 is 1.29 bits per heavy atom. The molecule has 9 heteroatoms. The highest BCUT2D eigenvalue weighted by molar-refractivity contribution is 6.31. The third-order valence-electron chi connectivity index (χ3n) is 3.86. The highest BCUT2D eigenvalue weighted by Gasteiger charge is 2.30. The summed E-state index contributed by atoms with van der Waals surface area (Å²) in [5.41, 5.74) is 0.601. The van der Waals surface area contributed by atoms with Crippen molar-refractivity contribution in [3.05, 3.63) is 52.0 Å². The van der Waals surface area contributed by atoms with Gasteiger partial charge in [-0.15, -0.1) is 0 Å². The Bertz CT molecular complexity index is 1050.